The lowest BCUT2D eigenvalue weighted by molar-refractivity contribution is -0.132. The number of benzene rings is 2. The molecule has 37 heavy (non-hydrogen) atoms. The van der Waals surface area contributed by atoms with Crippen molar-refractivity contribution in [1.29, 1.82) is 0 Å². The van der Waals surface area contributed by atoms with E-state index in [0.29, 0.717) is 28.4 Å². The van der Waals surface area contributed by atoms with Crippen molar-refractivity contribution < 1.29 is 28.6 Å². The molecule has 0 unspecified atom stereocenters. The van der Waals surface area contributed by atoms with Crippen LogP contribution < -0.4 is 20.7 Å². The summed E-state index contributed by atoms with van der Waals surface area (Å²) in [5, 5.41) is 17.6. The van der Waals surface area contributed by atoms with Gasteiger partial charge in [0.25, 0.3) is 0 Å². The Morgan fingerprint density at radius 3 is 2.19 bits per heavy atom. The molecule has 0 aliphatic heterocycles. The smallest absolute Gasteiger partial charge is 0.331 e. The molecule has 4 N–H and O–H groups in total. The quantitative estimate of drug-likeness (QED) is 0.269. The largest absolute Gasteiger partial charge is 0.478 e. The number of aromatic nitrogens is 1. The van der Waals surface area contributed by atoms with Crippen LogP contribution in [-0.2, 0) is 9.59 Å². The molecule has 1 aliphatic rings. The van der Waals surface area contributed by atoms with Gasteiger partial charge in [-0.1, -0.05) is 6.92 Å². The van der Waals surface area contributed by atoms with Crippen molar-refractivity contribution in [3.8, 4) is 11.5 Å². The number of nitrogens with zero attached hydrogens (tertiary/aromatic N) is 1. The first-order valence-corrected chi connectivity index (χ1v) is 11.7. The van der Waals surface area contributed by atoms with Crippen LogP contribution in [0.5, 0.6) is 11.5 Å². The normalized spacial score (nSPS) is 13.0. The molecule has 1 saturated carbocycles. The van der Waals surface area contributed by atoms with Gasteiger partial charge in [-0.25, -0.2) is 19.0 Å². The highest BCUT2D eigenvalue weighted by Gasteiger charge is 2.30. The number of urea groups is 1. The lowest BCUT2D eigenvalue weighted by Crippen LogP contribution is -2.19. The van der Waals surface area contributed by atoms with Crippen LogP contribution in [0.3, 0.4) is 0 Å². The van der Waals surface area contributed by atoms with Crippen molar-refractivity contribution in [2.75, 3.05) is 16.0 Å². The van der Waals surface area contributed by atoms with Gasteiger partial charge in [0.15, 0.2) is 0 Å². The Morgan fingerprint density at radius 2 is 1.62 bits per heavy atom. The Bertz CT molecular complexity index is 1340. The van der Waals surface area contributed by atoms with Crippen molar-refractivity contribution in [2.45, 2.75) is 26.2 Å². The van der Waals surface area contributed by atoms with Gasteiger partial charge in [0.2, 0.25) is 5.91 Å². The summed E-state index contributed by atoms with van der Waals surface area (Å²) in [5.74, 6) is -0.763. The zero-order chi connectivity index (χ0) is 26.4. The maximum atomic E-state index is 13.0. The van der Waals surface area contributed by atoms with E-state index in [1.807, 2.05) is 0 Å². The zero-order valence-electron chi connectivity index (χ0n) is 20.0. The summed E-state index contributed by atoms with van der Waals surface area (Å²) in [6, 6.07) is 13.0. The maximum Gasteiger partial charge on any atom is 0.331 e. The fraction of sp³-hybridized carbons (Fsp3) is 0.185. The zero-order valence-corrected chi connectivity index (χ0v) is 20.0. The van der Waals surface area contributed by atoms with Crippen LogP contribution in [0.25, 0.3) is 6.08 Å². The van der Waals surface area contributed by atoms with E-state index in [4.69, 9.17) is 4.74 Å². The minimum Gasteiger partial charge on any atom is -0.478 e. The molecule has 0 bridgehead atoms. The second kappa shape index (κ2) is 11.3. The van der Waals surface area contributed by atoms with Gasteiger partial charge >= 0.3 is 12.0 Å². The highest BCUT2D eigenvalue weighted by Crippen LogP contribution is 2.34. The van der Waals surface area contributed by atoms with Crippen LogP contribution >= 0.6 is 0 Å². The molecule has 10 heteroatoms. The van der Waals surface area contributed by atoms with E-state index in [2.05, 4.69) is 20.9 Å². The third-order valence-corrected chi connectivity index (χ3v) is 5.56. The van der Waals surface area contributed by atoms with Gasteiger partial charge in [-0.15, -0.1) is 0 Å². The van der Waals surface area contributed by atoms with Crippen molar-refractivity contribution in [1.82, 2.24) is 4.98 Å². The summed E-state index contributed by atoms with van der Waals surface area (Å²) in [4.78, 5) is 40.4. The average molecular weight is 505 g/mol. The number of halogens is 1. The van der Waals surface area contributed by atoms with E-state index in [-0.39, 0.29) is 29.6 Å². The van der Waals surface area contributed by atoms with Crippen LogP contribution in [0.2, 0.25) is 0 Å². The molecule has 9 nitrogen and oxygen atoms in total. The van der Waals surface area contributed by atoms with Crippen LogP contribution in [0.4, 0.5) is 26.4 Å². The summed E-state index contributed by atoms with van der Waals surface area (Å²) in [6.45, 7) is 1.72. The summed E-state index contributed by atoms with van der Waals surface area (Å²) in [7, 11) is 0. The number of carboxylic acids is 1. The third-order valence-electron chi connectivity index (χ3n) is 5.56. The molecule has 0 saturated heterocycles. The number of pyridine rings is 1. The third kappa shape index (κ3) is 6.91. The molecule has 1 aliphatic carbocycles. The monoisotopic (exact) mass is 504 g/mol. The van der Waals surface area contributed by atoms with Crippen LogP contribution in [0, 0.1) is 11.7 Å². The van der Waals surface area contributed by atoms with E-state index in [0.717, 1.165) is 12.8 Å². The molecule has 0 spiro atoms. The predicted molar refractivity (Wildman–Crippen MR) is 137 cm³/mol. The number of amides is 3. The molecular weight excluding hydrogens is 479 g/mol. The number of carbonyl (C=O) groups excluding carboxylic acids is 2. The lowest BCUT2D eigenvalue weighted by Gasteiger charge is -2.14. The molecule has 3 amide bonds. The van der Waals surface area contributed by atoms with Crippen LogP contribution in [-0.4, -0.2) is 28.0 Å². The molecule has 4 rings (SSSR count). The molecule has 0 atom stereocenters. The standard InChI is InChI=1S/C27H25FN4O5/c1-2-16(26(34)35)15-22-23(13-14-29-24(22)32-25(33)17-3-4-17)37-21-11-9-20(10-12-21)31-27(36)30-19-7-5-18(28)6-8-19/h5-15,17H,2-4H2,1H3,(H,34,35)(H,29,32,33)(H2,30,31,36). The van der Waals surface area contributed by atoms with Gasteiger partial charge in [-0.3, -0.25) is 4.79 Å². The second-order valence-electron chi connectivity index (χ2n) is 8.38. The first kappa shape index (κ1) is 25.4. The van der Waals surface area contributed by atoms with Crippen LogP contribution in [0.15, 0.2) is 66.4 Å². The van der Waals surface area contributed by atoms with E-state index in [1.165, 1.54) is 36.5 Å². The predicted octanol–water partition coefficient (Wildman–Crippen LogP) is 5.88. The molecule has 1 heterocycles. The Labute approximate surface area is 212 Å². The number of nitrogens with one attached hydrogen (secondary N) is 3. The first-order chi connectivity index (χ1) is 17.8. The van der Waals surface area contributed by atoms with E-state index >= 15 is 0 Å². The molecule has 0 radical (unpaired) electrons. The van der Waals surface area contributed by atoms with Gasteiger partial charge < -0.3 is 25.8 Å². The molecule has 190 valence electrons. The number of rotatable bonds is 9. The molecule has 2 aromatic carbocycles. The van der Waals surface area contributed by atoms with Gasteiger partial charge in [-0.2, -0.15) is 0 Å². The molecule has 1 aromatic heterocycles. The maximum absolute atomic E-state index is 13.0. The minimum atomic E-state index is -1.08. The SMILES string of the molecule is CCC(=Cc1c(Oc2ccc(NC(=O)Nc3ccc(F)cc3)cc2)ccnc1NC(=O)C1CC1)C(=O)O. The van der Waals surface area contributed by atoms with E-state index in [1.54, 1.807) is 37.3 Å². The average Bonchev–Trinajstić information content (AvgIpc) is 3.72. The van der Waals surface area contributed by atoms with Gasteiger partial charge in [-0.05, 0) is 79.9 Å². The Hall–Kier alpha value is -4.73. The number of aliphatic carboxylic acids is 1. The number of anilines is 3. The van der Waals surface area contributed by atoms with Crippen molar-refractivity contribution in [3.05, 3.63) is 77.7 Å². The first-order valence-electron chi connectivity index (χ1n) is 11.7. The minimum absolute atomic E-state index is 0.0615. The van der Waals surface area contributed by atoms with Gasteiger partial charge in [0.1, 0.15) is 23.1 Å². The number of hydrogen-bond acceptors (Lipinski definition) is 5. The fourth-order valence-electron chi connectivity index (χ4n) is 3.40. The van der Waals surface area contributed by atoms with Crippen LogP contribution in [0.1, 0.15) is 31.7 Å². The summed E-state index contributed by atoms with van der Waals surface area (Å²) in [5.41, 5.74) is 1.40. The molecule has 3 aromatic rings. The second-order valence-corrected chi connectivity index (χ2v) is 8.38. The molecule has 1 fully saturated rings. The van der Waals surface area contributed by atoms with Crippen molar-refractivity contribution in [2.24, 2.45) is 5.92 Å². The fourth-order valence-corrected chi connectivity index (χ4v) is 3.40. The number of hydrogen-bond donors (Lipinski definition) is 4. The molecular formula is C27H25FN4O5. The number of carboxylic acid groups (broad SMARTS) is 1. The van der Waals surface area contributed by atoms with E-state index < -0.39 is 17.8 Å². The topological polar surface area (TPSA) is 130 Å². The number of carbonyl (C=O) groups is 3. The summed E-state index contributed by atoms with van der Waals surface area (Å²) < 4.78 is 19.0. The lowest BCUT2D eigenvalue weighted by atomic mass is 10.1. The van der Waals surface area contributed by atoms with Gasteiger partial charge in [0, 0.05) is 29.1 Å². The van der Waals surface area contributed by atoms with E-state index in [9.17, 15) is 23.9 Å². The summed E-state index contributed by atoms with van der Waals surface area (Å²) >= 11 is 0. The highest BCUT2D eigenvalue weighted by atomic mass is 19.1. The Balaban J connectivity index is 1.51. The van der Waals surface area contributed by atoms with Crippen molar-refractivity contribution >= 4 is 41.2 Å². The summed E-state index contributed by atoms with van der Waals surface area (Å²) in [6.07, 6.45) is 4.80. The highest BCUT2D eigenvalue weighted by molar-refractivity contribution is 6.00. The van der Waals surface area contributed by atoms with Crippen molar-refractivity contribution in [3.63, 3.8) is 0 Å². The Morgan fingerprint density at radius 1 is 1.00 bits per heavy atom. The Kier molecular flexibility index (Phi) is 7.77. The van der Waals surface area contributed by atoms with Gasteiger partial charge in [0.05, 0.1) is 5.56 Å². The number of ether oxygens (including phenoxy) is 1.